The average molecular weight is 432 g/mol. The van der Waals surface area contributed by atoms with Crippen molar-refractivity contribution in [2.45, 2.75) is 59.3 Å². The fraction of sp³-hybridized carbons (Fsp3) is 0.385. The van der Waals surface area contributed by atoms with Gasteiger partial charge in [-0.15, -0.1) is 11.3 Å². The number of thiophene rings is 1. The maximum Gasteiger partial charge on any atom is 0.162 e. The number of nitriles is 1. The molecule has 1 aliphatic carbocycles. The highest BCUT2D eigenvalue weighted by molar-refractivity contribution is 7.12. The molecule has 0 fully saturated rings. The molecule has 1 aromatic carbocycles. The normalized spacial score (nSPS) is 20.7. The number of hydrogen-bond donors (Lipinski definition) is 1. The van der Waals surface area contributed by atoms with Gasteiger partial charge in [-0.3, -0.25) is 9.69 Å². The van der Waals surface area contributed by atoms with Crippen LogP contribution in [0.15, 0.2) is 59.1 Å². The molecule has 4 rings (SSSR count). The van der Waals surface area contributed by atoms with E-state index in [0.717, 1.165) is 46.7 Å². The van der Waals surface area contributed by atoms with E-state index in [1.54, 1.807) is 11.3 Å². The highest BCUT2D eigenvalue weighted by Crippen LogP contribution is 2.51. The SMILES string of the molecule is CCc1ccc(C2C(C#N)=C(N)N(c3ccccc3CC)C3=C2C(=O)CC(C)(C)C3)s1. The molecule has 1 unspecified atom stereocenters. The Morgan fingerprint density at radius 2 is 1.90 bits per heavy atom. The fourth-order valence-corrected chi connectivity index (χ4v) is 5.91. The summed E-state index contributed by atoms with van der Waals surface area (Å²) in [5.74, 6) is 0.199. The summed E-state index contributed by atoms with van der Waals surface area (Å²) in [5.41, 5.74) is 10.9. The van der Waals surface area contributed by atoms with Gasteiger partial charge in [0, 0.05) is 27.4 Å². The van der Waals surface area contributed by atoms with Gasteiger partial charge in [0.2, 0.25) is 0 Å². The summed E-state index contributed by atoms with van der Waals surface area (Å²) in [4.78, 5) is 17.8. The number of carbonyl (C=O) groups is 1. The van der Waals surface area contributed by atoms with Gasteiger partial charge in [-0.2, -0.15) is 5.26 Å². The Balaban J connectivity index is 2.00. The van der Waals surface area contributed by atoms with Crippen molar-refractivity contribution in [3.63, 3.8) is 0 Å². The lowest BCUT2D eigenvalue weighted by Gasteiger charge is -2.44. The standard InChI is InChI=1S/C26H29N3OS/c1-5-16-9-7-8-10-19(16)29-20-13-26(3,4)14-21(30)24(20)23(18(15-27)25(29)28)22-12-11-17(6-2)31-22/h7-12,23H,5-6,13-14,28H2,1-4H3. The second kappa shape index (κ2) is 8.01. The molecule has 1 aliphatic heterocycles. The Bertz CT molecular complexity index is 1150. The summed E-state index contributed by atoms with van der Waals surface area (Å²) >= 11 is 1.68. The number of Topliss-reactive ketones (excluding diaryl/α,β-unsaturated/α-hetero) is 1. The first-order valence-corrected chi connectivity index (χ1v) is 11.8. The van der Waals surface area contributed by atoms with Crippen LogP contribution in [0.1, 0.15) is 61.8 Å². The van der Waals surface area contributed by atoms with Crippen molar-refractivity contribution in [3.05, 3.63) is 74.4 Å². The minimum atomic E-state index is -0.376. The molecule has 4 nitrogen and oxygen atoms in total. The van der Waals surface area contributed by atoms with Crippen LogP contribution in [0, 0.1) is 16.7 Å². The van der Waals surface area contributed by atoms with Crippen LogP contribution in [0.3, 0.4) is 0 Å². The van der Waals surface area contributed by atoms with Gasteiger partial charge in [0.05, 0.1) is 23.2 Å². The highest BCUT2D eigenvalue weighted by atomic mass is 32.1. The molecule has 2 heterocycles. The van der Waals surface area contributed by atoms with Crippen LogP contribution in [-0.2, 0) is 17.6 Å². The molecule has 0 saturated carbocycles. The first kappa shape index (κ1) is 21.4. The summed E-state index contributed by atoms with van der Waals surface area (Å²) < 4.78 is 0. The Morgan fingerprint density at radius 3 is 2.55 bits per heavy atom. The lowest BCUT2D eigenvalue weighted by molar-refractivity contribution is -0.118. The lowest BCUT2D eigenvalue weighted by atomic mass is 9.69. The molecule has 1 aromatic heterocycles. The number of anilines is 1. The van der Waals surface area contributed by atoms with Gasteiger partial charge in [0.15, 0.2) is 5.78 Å². The van der Waals surface area contributed by atoms with Crippen molar-refractivity contribution in [1.82, 2.24) is 0 Å². The number of nitrogens with zero attached hydrogens (tertiary/aromatic N) is 2. The van der Waals surface area contributed by atoms with Gasteiger partial charge < -0.3 is 5.73 Å². The summed E-state index contributed by atoms with van der Waals surface area (Å²) in [6.45, 7) is 8.50. The largest absolute Gasteiger partial charge is 0.384 e. The minimum absolute atomic E-state index is 0.127. The molecule has 0 spiro atoms. The summed E-state index contributed by atoms with van der Waals surface area (Å²) in [6, 6.07) is 14.7. The van der Waals surface area contributed by atoms with E-state index in [4.69, 9.17) is 5.73 Å². The predicted molar refractivity (Wildman–Crippen MR) is 127 cm³/mol. The lowest BCUT2D eigenvalue weighted by Crippen LogP contribution is -2.42. The van der Waals surface area contributed by atoms with Crippen molar-refractivity contribution in [3.8, 4) is 6.07 Å². The van der Waals surface area contributed by atoms with Gasteiger partial charge in [0.25, 0.3) is 0 Å². The van der Waals surface area contributed by atoms with E-state index in [-0.39, 0.29) is 17.1 Å². The molecular weight excluding hydrogens is 402 g/mol. The monoisotopic (exact) mass is 431 g/mol. The van der Waals surface area contributed by atoms with E-state index >= 15 is 0 Å². The number of ketones is 1. The van der Waals surface area contributed by atoms with Crippen LogP contribution in [0.4, 0.5) is 5.69 Å². The number of carbonyl (C=O) groups excluding carboxylic acids is 1. The van der Waals surface area contributed by atoms with E-state index < -0.39 is 0 Å². The van der Waals surface area contributed by atoms with Gasteiger partial charge >= 0.3 is 0 Å². The zero-order valence-electron chi connectivity index (χ0n) is 18.7. The summed E-state index contributed by atoms with van der Waals surface area (Å²) in [5, 5.41) is 10.2. The number of aryl methyl sites for hydroxylation is 2. The minimum Gasteiger partial charge on any atom is -0.384 e. The molecule has 1 atom stereocenters. The van der Waals surface area contributed by atoms with Crippen molar-refractivity contribution in [1.29, 1.82) is 5.26 Å². The van der Waals surface area contributed by atoms with Gasteiger partial charge in [-0.1, -0.05) is 45.9 Å². The van der Waals surface area contributed by atoms with Crippen LogP contribution in [0.25, 0.3) is 0 Å². The van der Waals surface area contributed by atoms with Crippen LogP contribution in [0.5, 0.6) is 0 Å². The van der Waals surface area contributed by atoms with Crippen molar-refractivity contribution < 1.29 is 4.79 Å². The number of rotatable bonds is 4. The van der Waals surface area contributed by atoms with E-state index in [1.165, 1.54) is 4.88 Å². The predicted octanol–water partition coefficient (Wildman–Crippen LogP) is 5.81. The van der Waals surface area contributed by atoms with Gasteiger partial charge in [-0.25, -0.2) is 0 Å². The molecule has 0 bridgehead atoms. The smallest absolute Gasteiger partial charge is 0.162 e. The molecule has 2 aliphatic rings. The maximum atomic E-state index is 13.6. The number of nitrogens with two attached hydrogens (primary N) is 1. The van der Waals surface area contributed by atoms with Gasteiger partial charge in [-0.05, 0) is 48.4 Å². The van der Waals surface area contributed by atoms with Crippen LogP contribution >= 0.6 is 11.3 Å². The number of para-hydroxylation sites is 1. The Labute approximate surface area is 188 Å². The Morgan fingerprint density at radius 1 is 1.16 bits per heavy atom. The van der Waals surface area contributed by atoms with Crippen LogP contribution in [-0.4, -0.2) is 5.78 Å². The summed E-state index contributed by atoms with van der Waals surface area (Å²) in [6.07, 6.45) is 3.00. The molecule has 0 amide bonds. The van der Waals surface area contributed by atoms with Crippen LogP contribution < -0.4 is 10.6 Å². The topological polar surface area (TPSA) is 70.1 Å². The van der Waals surface area contributed by atoms with E-state index in [1.807, 2.05) is 23.1 Å². The molecule has 0 radical (unpaired) electrons. The molecular formula is C26H29N3OS. The van der Waals surface area contributed by atoms with Gasteiger partial charge in [0.1, 0.15) is 5.82 Å². The molecule has 160 valence electrons. The van der Waals surface area contributed by atoms with Crippen molar-refractivity contribution in [2.75, 3.05) is 4.90 Å². The first-order valence-electron chi connectivity index (χ1n) is 10.9. The zero-order chi connectivity index (χ0) is 22.3. The van der Waals surface area contributed by atoms with E-state index in [2.05, 4.69) is 52.0 Å². The van der Waals surface area contributed by atoms with E-state index in [0.29, 0.717) is 17.8 Å². The molecule has 2 N–H and O–H groups in total. The quantitative estimate of drug-likeness (QED) is 0.663. The second-order valence-corrected chi connectivity index (χ2v) is 10.3. The zero-order valence-corrected chi connectivity index (χ0v) is 19.5. The molecule has 5 heteroatoms. The second-order valence-electron chi connectivity index (χ2n) is 9.12. The third-order valence-corrected chi connectivity index (χ3v) is 7.60. The highest BCUT2D eigenvalue weighted by Gasteiger charge is 2.45. The van der Waals surface area contributed by atoms with Crippen molar-refractivity contribution in [2.24, 2.45) is 11.1 Å². The number of allylic oxidation sites excluding steroid dienone is 3. The molecule has 31 heavy (non-hydrogen) atoms. The van der Waals surface area contributed by atoms with Crippen LogP contribution in [0.2, 0.25) is 0 Å². The third kappa shape index (κ3) is 3.59. The fourth-order valence-electron chi connectivity index (χ4n) is 4.84. The van der Waals surface area contributed by atoms with E-state index in [9.17, 15) is 10.1 Å². The summed E-state index contributed by atoms with van der Waals surface area (Å²) in [7, 11) is 0. The Hall–Kier alpha value is -2.84. The number of hydrogen-bond acceptors (Lipinski definition) is 5. The molecule has 0 saturated heterocycles. The third-order valence-electron chi connectivity index (χ3n) is 6.31. The maximum absolute atomic E-state index is 13.6. The average Bonchev–Trinajstić information content (AvgIpc) is 3.21. The van der Waals surface area contributed by atoms with Crippen molar-refractivity contribution >= 4 is 22.8 Å². The first-order chi connectivity index (χ1) is 14.8. The number of benzene rings is 1. The Kier molecular flexibility index (Phi) is 5.53. The molecule has 2 aromatic rings.